The van der Waals surface area contributed by atoms with Gasteiger partial charge < -0.3 is 19.5 Å². The Balaban J connectivity index is 1.38. The maximum atomic E-state index is 12.4. The number of thiophene rings is 1. The van der Waals surface area contributed by atoms with E-state index in [2.05, 4.69) is 15.3 Å². The standard InChI is InChI=1S/C19H17N3O4S/c1-12(26-14-2-3-16-17(8-14)25-11-24-16)19(23)22-9-15-18(21-6-5-20-15)13-4-7-27-10-13/h2-8,10,12H,9,11H2,1H3,(H,22,23). The van der Waals surface area contributed by atoms with Gasteiger partial charge in [-0.05, 0) is 30.5 Å². The number of nitrogens with zero attached hydrogens (tertiary/aromatic N) is 2. The number of nitrogens with one attached hydrogen (secondary N) is 1. The minimum atomic E-state index is -0.674. The summed E-state index contributed by atoms with van der Waals surface area (Å²) in [6, 6.07) is 7.19. The summed E-state index contributed by atoms with van der Waals surface area (Å²) in [5.41, 5.74) is 2.46. The normalized spacial score (nSPS) is 13.2. The van der Waals surface area contributed by atoms with Crippen molar-refractivity contribution in [1.29, 1.82) is 0 Å². The Labute approximate surface area is 159 Å². The van der Waals surface area contributed by atoms with E-state index in [0.29, 0.717) is 22.9 Å². The number of hydrogen-bond acceptors (Lipinski definition) is 7. The van der Waals surface area contributed by atoms with Crippen molar-refractivity contribution >= 4 is 17.2 Å². The maximum absolute atomic E-state index is 12.4. The fourth-order valence-electron chi connectivity index (χ4n) is 2.66. The third kappa shape index (κ3) is 3.85. The molecule has 3 heterocycles. The summed E-state index contributed by atoms with van der Waals surface area (Å²) in [5.74, 6) is 1.58. The van der Waals surface area contributed by atoms with Gasteiger partial charge in [0.15, 0.2) is 17.6 Å². The van der Waals surface area contributed by atoms with Crippen molar-refractivity contribution in [3.8, 4) is 28.5 Å². The molecule has 8 heteroatoms. The first-order chi connectivity index (χ1) is 13.2. The molecular weight excluding hydrogens is 366 g/mol. The van der Waals surface area contributed by atoms with Crippen LogP contribution in [0.15, 0.2) is 47.4 Å². The van der Waals surface area contributed by atoms with Crippen molar-refractivity contribution in [2.75, 3.05) is 6.79 Å². The minimum Gasteiger partial charge on any atom is -0.481 e. The summed E-state index contributed by atoms with van der Waals surface area (Å²) in [4.78, 5) is 21.1. The fraction of sp³-hybridized carbons (Fsp3) is 0.211. The minimum absolute atomic E-state index is 0.194. The Kier molecular flexibility index (Phi) is 4.88. The van der Waals surface area contributed by atoms with Gasteiger partial charge in [-0.1, -0.05) is 0 Å². The molecule has 0 saturated carbocycles. The highest BCUT2D eigenvalue weighted by Gasteiger charge is 2.19. The Morgan fingerprint density at radius 2 is 2.11 bits per heavy atom. The van der Waals surface area contributed by atoms with Gasteiger partial charge >= 0.3 is 0 Å². The van der Waals surface area contributed by atoms with Gasteiger partial charge in [0, 0.05) is 29.4 Å². The molecule has 4 rings (SSSR count). The molecule has 1 aliphatic heterocycles. The average molecular weight is 383 g/mol. The smallest absolute Gasteiger partial charge is 0.261 e. The molecule has 0 fully saturated rings. The SMILES string of the molecule is CC(Oc1ccc2c(c1)OCO2)C(=O)NCc1nccnc1-c1ccsc1. The van der Waals surface area contributed by atoms with E-state index in [0.717, 1.165) is 11.3 Å². The summed E-state index contributed by atoms with van der Waals surface area (Å²) < 4.78 is 16.3. The second-order valence-corrected chi connectivity index (χ2v) is 6.64. The van der Waals surface area contributed by atoms with Gasteiger partial charge in [0.2, 0.25) is 6.79 Å². The van der Waals surface area contributed by atoms with Crippen LogP contribution >= 0.6 is 11.3 Å². The van der Waals surface area contributed by atoms with Crippen molar-refractivity contribution in [2.45, 2.75) is 19.6 Å². The highest BCUT2D eigenvalue weighted by Crippen LogP contribution is 2.35. The molecule has 27 heavy (non-hydrogen) atoms. The molecule has 3 aromatic rings. The molecule has 1 amide bonds. The molecule has 1 aromatic carbocycles. The lowest BCUT2D eigenvalue weighted by molar-refractivity contribution is -0.127. The van der Waals surface area contributed by atoms with E-state index < -0.39 is 6.10 Å². The summed E-state index contributed by atoms with van der Waals surface area (Å²) in [7, 11) is 0. The summed E-state index contributed by atoms with van der Waals surface area (Å²) in [6.45, 7) is 2.16. The number of amides is 1. The molecule has 1 atom stereocenters. The molecule has 1 aliphatic rings. The Hall–Kier alpha value is -3.13. The molecule has 1 unspecified atom stereocenters. The van der Waals surface area contributed by atoms with Gasteiger partial charge in [0.05, 0.1) is 17.9 Å². The second-order valence-electron chi connectivity index (χ2n) is 5.86. The van der Waals surface area contributed by atoms with Gasteiger partial charge in [0.25, 0.3) is 5.91 Å². The third-order valence-electron chi connectivity index (χ3n) is 4.02. The van der Waals surface area contributed by atoms with Crippen molar-refractivity contribution < 1.29 is 19.0 Å². The topological polar surface area (TPSA) is 82.6 Å². The summed E-state index contributed by atoms with van der Waals surface area (Å²) >= 11 is 1.59. The lowest BCUT2D eigenvalue weighted by Crippen LogP contribution is -2.36. The molecule has 138 valence electrons. The van der Waals surface area contributed by atoms with E-state index in [1.54, 1.807) is 48.9 Å². The number of hydrogen-bond donors (Lipinski definition) is 1. The monoisotopic (exact) mass is 383 g/mol. The predicted molar refractivity (Wildman–Crippen MR) is 99.8 cm³/mol. The van der Waals surface area contributed by atoms with Crippen LogP contribution in [0.1, 0.15) is 12.6 Å². The first-order valence-electron chi connectivity index (χ1n) is 8.37. The van der Waals surface area contributed by atoms with E-state index >= 15 is 0 Å². The van der Waals surface area contributed by atoms with Gasteiger partial charge in [0.1, 0.15) is 5.75 Å². The molecule has 0 saturated heterocycles. The largest absolute Gasteiger partial charge is 0.481 e. The van der Waals surface area contributed by atoms with Crippen LogP contribution in [0.3, 0.4) is 0 Å². The lowest BCUT2D eigenvalue weighted by Gasteiger charge is -2.15. The molecule has 0 aliphatic carbocycles. The number of carbonyl (C=O) groups excluding carboxylic acids is 1. The molecule has 2 aromatic heterocycles. The van der Waals surface area contributed by atoms with E-state index in [1.807, 2.05) is 16.8 Å². The number of benzene rings is 1. The molecule has 0 bridgehead atoms. The highest BCUT2D eigenvalue weighted by molar-refractivity contribution is 7.08. The van der Waals surface area contributed by atoms with Crippen molar-refractivity contribution in [1.82, 2.24) is 15.3 Å². The van der Waals surface area contributed by atoms with Crippen LogP contribution in [-0.4, -0.2) is 28.8 Å². The van der Waals surface area contributed by atoms with Gasteiger partial charge in [-0.3, -0.25) is 14.8 Å². The van der Waals surface area contributed by atoms with Crippen LogP contribution < -0.4 is 19.5 Å². The Morgan fingerprint density at radius 1 is 1.26 bits per heavy atom. The van der Waals surface area contributed by atoms with Crippen molar-refractivity contribution in [3.63, 3.8) is 0 Å². The molecule has 0 spiro atoms. The van der Waals surface area contributed by atoms with Crippen LogP contribution in [-0.2, 0) is 11.3 Å². The first-order valence-corrected chi connectivity index (χ1v) is 9.31. The van der Waals surface area contributed by atoms with E-state index in [-0.39, 0.29) is 19.2 Å². The lowest BCUT2D eigenvalue weighted by atomic mass is 10.2. The number of fused-ring (bicyclic) bond motifs is 1. The van der Waals surface area contributed by atoms with E-state index in [9.17, 15) is 4.79 Å². The van der Waals surface area contributed by atoms with Crippen LogP contribution in [0.4, 0.5) is 0 Å². The zero-order valence-corrected chi connectivity index (χ0v) is 15.4. The predicted octanol–water partition coefficient (Wildman–Crippen LogP) is 3.02. The summed E-state index contributed by atoms with van der Waals surface area (Å²) in [5, 5.41) is 6.84. The number of ether oxygens (including phenoxy) is 3. The van der Waals surface area contributed by atoms with Crippen LogP contribution in [0.2, 0.25) is 0 Å². The molecule has 1 N–H and O–H groups in total. The van der Waals surface area contributed by atoms with Crippen molar-refractivity contribution in [3.05, 3.63) is 53.1 Å². The Morgan fingerprint density at radius 3 is 2.96 bits per heavy atom. The number of carbonyl (C=O) groups is 1. The zero-order valence-electron chi connectivity index (χ0n) is 14.5. The fourth-order valence-corrected chi connectivity index (χ4v) is 3.30. The van der Waals surface area contributed by atoms with Crippen LogP contribution in [0.25, 0.3) is 11.3 Å². The van der Waals surface area contributed by atoms with E-state index in [1.165, 1.54) is 0 Å². The molecule has 7 nitrogen and oxygen atoms in total. The highest BCUT2D eigenvalue weighted by atomic mass is 32.1. The van der Waals surface area contributed by atoms with Crippen LogP contribution in [0, 0.1) is 0 Å². The van der Waals surface area contributed by atoms with Crippen molar-refractivity contribution in [2.24, 2.45) is 0 Å². The third-order valence-corrected chi connectivity index (χ3v) is 4.71. The average Bonchev–Trinajstić information content (AvgIpc) is 3.37. The van der Waals surface area contributed by atoms with Gasteiger partial charge in [-0.15, -0.1) is 0 Å². The maximum Gasteiger partial charge on any atom is 0.261 e. The zero-order chi connectivity index (χ0) is 18.6. The molecular formula is C19H17N3O4S. The van der Waals surface area contributed by atoms with E-state index in [4.69, 9.17) is 14.2 Å². The summed E-state index contributed by atoms with van der Waals surface area (Å²) in [6.07, 6.45) is 2.58. The Bertz CT molecular complexity index is 946. The van der Waals surface area contributed by atoms with Crippen LogP contribution in [0.5, 0.6) is 17.2 Å². The number of rotatable bonds is 6. The second kappa shape index (κ2) is 7.63. The first kappa shape index (κ1) is 17.3. The van der Waals surface area contributed by atoms with Gasteiger partial charge in [-0.25, -0.2) is 0 Å². The van der Waals surface area contributed by atoms with Gasteiger partial charge in [-0.2, -0.15) is 11.3 Å². The number of aromatic nitrogens is 2. The quantitative estimate of drug-likeness (QED) is 0.705. The molecule has 0 radical (unpaired) electrons.